The highest BCUT2D eigenvalue weighted by atomic mass is 32.1. The number of rotatable bonds is 6. The van der Waals surface area contributed by atoms with Crippen LogP contribution in [0.15, 0.2) is 17.5 Å². The van der Waals surface area contributed by atoms with E-state index in [-0.39, 0.29) is 5.91 Å². The van der Waals surface area contributed by atoms with E-state index in [9.17, 15) is 9.90 Å². The Bertz CT molecular complexity index is 418. The van der Waals surface area contributed by atoms with Crippen molar-refractivity contribution in [2.45, 2.75) is 57.5 Å². The maximum atomic E-state index is 11.8. The summed E-state index contributed by atoms with van der Waals surface area (Å²) in [5, 5.41) is 15.4. The molecule has 2 rings (SSSR count). The summed E-state index contributed by atoms with van der Waals surface area (Å²) in [6.07, 6.45) is 6.26. The number of hydrogen-bond acceptors (Lipinski definition) is 3. The molecule has 1 aliphatic rings. The van der Waals surface area contributed by atoms with Gasteiger partial charge in [-0.1, -0.05) is 25.8 Å². The molecule has 1 aromatic heterocycles. The van der Waals surface area contributed by atoms with Crippen LogP contribution < -0.4 is 5.32 Å². The fourth-order valence-electron chi connectivity index (χ4n) is 3.02. The van der Waals surface area contributed by atoms with Crippen molar-refractivity contribution in [1.82, 2.24) is 5.32 Å². The molecule has 3 nitrogen and oxygen atoms in total. The lowest BCUT2D eigenvalue weighted by molar-refractivity contribution is -0.123. The van der Waals surface area contributed by atoms with Gasteiger partial charge in [0.2, 0.25) is 5.91 Å². The van der Waals surface area contributed by atoms with Crippen LogP contribution in [0, 0.1) is 5.92 Å². The zero-order chi connectivity index (χ0) is 14.4. The number of aliphatic hydroxyl groups is 1. The van der Waals surface area contributed by atoms with Crippen molar-refractivity contribution in [3.63, 3.8) is 0 Å². The van der Waals surface area contributed by atoms with E-state index in [1.54, 1.807) is 11.3 Å². The van der Waals surface area contributed by atoms with Crippen molar-refractivity contribution in [3.05, 3.63) is 22.4 Å². The summed E-state index contributed by atoms with van der Waals surface area (Å²) in [4.78, 5) is 13.2. The molecule has 1 fully saturated rings. The number of hydrogen-bond donors (Lipinski definition) is 2. The Morgan fingerprint density at radius 3 is 3.15 bits per heavy atom. The third-order valence-corrected chi connectivity index (χ3v) is 5.03. The van der Waals surface area contributed by atoms with Crippen LogP contribution in [0.2, 0.25) is 0 Å². The monoisotopic (exact) mass is 295 g/mol. The van der Waals surface area contributed by atoms with Gasteiger partial charge in [0.25, 0.3) is 0 Å². The molecular weight excluding hydrogens is 270 g/mol. The maximum Gasteiger partial charge on any atom is 0.220 e. The maximum absolute atomic E-state index is 11.8. The highest BCUT2D eigenvalue weighted by molar-refractivity contribution is 7.09. The molecule has 1 saturated carbocycles. The second-order valence-electron chi connectivity index (χ2n) is 6.14. The van der Waals surface area contributed by atoms with Crippen molar-refractivity contribution in [3.8, 4) is 0 Å². The fraction of sp³-hybridized carbons (Fsp3) is 0.688. The van der Waals surface area contributed by atoms with Crippen molar-refractivity contribution >= 4 is 17.2 Å². The molecule has 0 bridgehead atoms. The van der Waals surface area contributed by atoms with Crippen molar-refractivity contribution in [2.75, 3.05) is 6.54 Å². The molecule has 0 aromatic carbocycles. The predicted octanol–water partition coefficient (Wildman–Crippen LogP) is 3.13. The van der Waals surface area contributed by atoms with Gasteiger partial charge in [-0.2, -0.15) is 0 Å². The van der Waals surface area contributed by atoms with E-state index in [4.69, 9.17) is 0 Å². The summed E-state index contributed by atoms with van der Waals surface area (Å²) in [7, 11) is 0. The zero-order valence-electron chi connectivity index (χ0n) is 12.2. The van der Waals surface area contributed by atoms with E-state index in [1.807, 2.05) is 6.07 Å². The molecule has 2 unspecified atom stereocenters. The number of carbonyl (C=O) groups is 1. The molecule has 2 N–H and O–H groups in total. The molecule has 0 aliphatic heterocycles. The topological polar surface area (TPSA) is 49.3 Å². The first-order valence-corrected chi connectivity index (χ1v) is 8.47. The number of aryl methyl sites for hydroxylation is 1. The zero-order valence-corrected chi connectivity index (χ0v) is 13.0. The first-order chi connectivity index (χ1) is 9.57. The Balaban J connectivity index is 1.64. The molecule has 0 saturated heterocycles. The molecule has 112 valence electrons. The third-order valence-electron chi connectivity index (χ3n) is 4.09. The Hall–Kier alpha value is -0.870. The minimum atomic E-state index is -0.679. The Morgan fingerprint density at radius 2 is 2.45 bits per heavy atom. The van der Waals surface area contributed by atoms with Gasteiger partial charge in [0.15, 0.2) is 0 Å². The van der Waals surface area contributed by atoms with Crippen LogP contribution >= 0.6 is 11.3 Å². The van der Waals surface area contributed by atoms with E-state index in [1.165, 1.54) is 11.3 Å². The average molecular weight is 295 g/mol. The Labute approximate surface area is 125 Å². The minimum Gasteiger partial charge on any atom is -0.388 e. The average Bonchev–Trinajstić information content (AvgIpc) is 2.89. The van der Waals surface area contributed by atoms with E-state index >= 15 is 0 Å². The highest BCUT2D eigenvalue weighted by Crippen LogP contribution is 2.31. The molecule has 0 spiro atoms. The van der Waals surface area contributed by atoms with Crippen molar-refractivity contribution in [2.24, 2.45) is 5.92 Å². The van der Waals surface area contributed by atoms with E-state index in [0.717, 1.165) is 32.1 Å². The number of thiophene rings is 1. The van der Waals surface area contributed by atoms with Gasteiger partial charge in [0.05, 0.1) is 5.60 Å². The molecule has 1 aliphatic carbocycles. The second-order valence-corrected chi connectivity index (χ2v) is 7.17. The third kappa shape index (κ3) is 4.91. The standard InChI is InChI=1S/C16H25NO2S/c1-13-5-3-9-16(19,11-13)12-17-15(18)8-2-6-14-7-4-10-20-14/h4,7,10,13,19H,2-3,5-6,8-9,11-12H2,1H3,(H,17,18). The van der Waals surface area contributed by atoms with Gasteiger partial charge in [-0.15, -0.1) is 11.3 Å². The lowest BCUT2D eigenvalue weighted by Crippen LogP contribution is -2.45. The van der Waals surface area contributed by atoms with Gasteiger partial charge >= 0.3 is 0 Å². The van der Waals surface area contributed by atoms with Crippen LogP contribution in [-0.4, -0.2) is 23.2 Å². The minimum absolute atomic E-state index is 0.0632. The smallest absolute Gasteiger partial charge is 0.220 e. The fourth-order valence-corrected chi connectivity index (χ4v) is 3.77. The van der Waals surface area contributed by atoms with Gasteiger partial charge in [0.1, 0.15) is 0 Å². The van der Waals surface area contributed by atoms with Crippen LogP contribution in [0.1, 0.15) is 50.3 Å². The lowest BCUT2D eigenvalue weighted by atomic mass is 9.79. The molecule has 4 heteroatoms. The number of nitrogens with one attached hydrogen (secondary N) is 1. The second kappa shape index (κ2) is 7.23. The molecule has 0 radical (unpaired) electrons. The van der Waals surface area contributed by atoms with Crippen molar-refractivity contribution < 1.29 is 9.90 Å². The van der Waals surface area contributed by atoms with Gasteiger partial charge in [-0.3, -0.25) is 4.79 Å². The van der Waals surface area contributed by atoms with E-state index in [2.05, 4.69) is 23.7 Å². The van der Waals surface area contributed by atoms with Crippen LogP contribution in [0.5, 0.6) is 0 Å². The molecule has 20 heavy (non-hydrogen) atoms. The van der Waals surface area contributed by atoms with Gasteiger partial charge in [-0.05, 0) is 43.0 Å². The Morgan fingerprint density at radius 1 is 1.60 bits per heavy atom. The van der Waals surface area contributed by atoms with Crippen LogP contribution in [0.3, 0.4) is 0 Å². The van der Waals surface area contributed by atoms with Gasteiger partial charge < -0.3 is 10.4 Å². The summed E-state index contributed by atoms with van der Waals surface area (Å²) in [6.45, 7) is 2.59. The number of carbonyl (C=O) groups excluding carboxylic acids is 1. The van der Waals surface area contributed by atoms with Crippen LogP contribution in [0.25, 0.3) is 0 Å². The first kappa shape index (κ1) is 15.5. The summed E-state index contributed by atoms with van der Waals surface area (Å²) in [5.41, 5.74) is -0.679. The molecule has 1 heterocycles. The molecule has 1 aromatic rings. The van der Waals surface area contributed by atoms with Gasteiger partial charge in [0, 0.05) is 17.8 Å². The highest BCUT2D eigenvalue weighted by Gasteiger charge is 2.32. The SMILES string of the molecule is CC1CCCC(O)(CNC(=O)CCCc2cccs2)C1. The van der Waals surface area contributed by atoms with Crippen LogP contribution in [0.4, 0.5) is 0 Å². The van der Waals surface area contributed by atoms with E-state index < -0.39 is 5.60 Å². The largest absolute Gasteiger partial charge is 0.388 e. The van der Waals surface area contributed by atoms with Crippen molar-refractivity contribution in [1.29, 1.82) is 0 Å². The molecule has 2 atom stereocenters. The molecular formula is C16H25NO2S. The summed E-state index contributed by atoms with van der Waals surface area (Å²) in [5.74, 6) is 0.623. The summed E-state index contributed by atoms with van der Waals surface area (Å²) >= 11 is 1.74. The summed E-state index contributed by atoms with van der Waals surface area (Å²) in [6, 6.07) is 4.15. The predicted molar refractivity (Wildman–Crippen MR) is 82.8 cm³/mol. The number of amides is 1. The lowest BCUT2D eigenvalue weighted by Gasteiger charge is -2.35. The van der Waals surface area contributed by atoms with Crippen LogP contribution in [-0.2, 0) is 11.2 Å². The first-order valence-electron chi connectivity index (χ1n) is 7.59. The van der Waals surface area contributed by atoms with Gasteiger partial charge in [-0.25, -0.2) is 0 Å². The normalized spacial score (nSPS) is 26.4. The summed E-state index contributed by atoms with van der Waals surface area (Å²) < 4.78 is 0. The van der Waals surface area contributed by atoms with E-state index in [0.29, 0.717) is 18.9 Å². The Kier molecular flexibility index (Phi) is 5.61. The quantitative estimate of drug-likeness (QED) is 0.847. The molecule has 1 amide bonds.